The molecule has 0 fully saturated rings. The highest BCUT2D eigenvalue weighted by Crippen LogP contribution is 2.26. The molecule has 72 valence electrons. The summed E-state index contributed by atoms with van der Waals surface area (Å²) in [5.41, 5.74) is 0. The van der Waals surface area contributed by atoms with Crippen LogP contribution in [0.1, 0.15) is 16.1 Å². The molecule has 0 saturated carbocycles. The highest BCUT2D eigenvalue weighted by molar-refractivity contribution is 9.09. The zero-order chi connectivity index (χ0) is 9.97. The van der Waals surface area contributed by atoms with E-state index < -0.39 is 0 Å². The number of fused-ring (bicyclic) bond motifs is 1. The van der Waals surface area contributed by atoms with Gasteiger partial charge in [0.05, 0.1) is 4.88 Å². The van der Waals surface area contributed by atoms with Gasteiger partial charge < -0.3 is 0 Å². The number of carbonyl (C=O) groups excluding carboxylic acids is 1. The van der Waals surface area contributed by atoms with Gasteiger partial charge in [0, 0.05) is 16.5 Å². The maximum absolute atomic E-state index is 11.6. The first kappa shape index (κ1) is 9.87. The molecule has 3 heteroatoms. The van der Waals surface area contributed by atoms with E-state index in [1.807, 2.05) is 30.3 Å². The van der Waals surface area contributed by atoms with Crippen LogP contribution in [0, 0.1) is 0 Å². The lowest BCUT2D eigenvalue weighted by molar-refractivity contribution is 0.0994. The molecule has 1 nitrogen and oxygen atoms in total. The second kappa shape index (κ2) is 4.24. The average molecular weight is 269 g/mol. The molecule has 1 heterocycles. The van der Waals surface area contributed by atoms with Gasteiger partial charge in [0.15, 0.2) is 5.78 Å². The van der Waals surface area contributed by atoms with E-state index in [2.05, 4.69) is 15.9 Å². The highest BCUT2D eigenvalue weighted by Gasteiger charge is 2.08. The van der Waals surface area contributed by atoms with Gasteiger partial charge in [0.25, 0.3) is 0 Å². The molecule has 0 radical (unpaired) electrons. The van der Waals surface area contributed by atoms with Gasteiger partial charge in [-0.15, -0.1) is 11.3 Å². The Bertz CT molecular complexity index is 428. The van der Waals surface area contributed by atoms with Gasteiger partial charge >= 0.3 is 0 Å². The van der Waals surface area contributed by atoms with Crippen molar-refractivity contribution in [3.05, 3.63) is 35.2 Å². The zero-order valence-electron chi connectivity index (χ0n) is 7.50. The third-order valence-corrected chi connectivity index (χ3v) is 3.58. The van der Waals surface area contributed by atoms with Gasteiger partial charge in [-0.1, -0.05) is 34.1 Å². The van der Waals surface area contributed by atoms with Crippen molar-refractivity contribution in [2.24, 2.45) is 0 Å². The number of Topliss-reactive ketones (excluding diaryl/α,β-unsaturated/α-hetero) is 1. The fraction of sp³-hybridized carbons (Fsp3) is 0.182. The average Bonchev–Trinajstić information content (AvgIpc) is 2.61. The molecule has 2 aromatic rings. The van der Waals surface area contributed by atoms with Crippen LogP contribution in [0.4, 0.5) is 0 Å². The summed E-state index contributed by atoms with van der Waals surface area (Å²) < 4.78 is 1.19. The van der Waals surface area contributed by atoms with E-state index in [9.17, 15) is 4.79 Å². The molecule has 14 heavy (non-hydrogen) atoms. The Morgan fingerprint density at radius 3 is 2.86 bits per heavy atom. The molecule has 0 aliphatic heterocycles. The number of alkyl halides is 1. The van der Waals surface area contributed by atoms with Crippen molar-refractivity contribution in [3.63, 3.8) is 0 Å². The lowest BCUT2D eigenvalue weighted by Gasteiger charge is -1.90. The normalized spacial score (nSPS) is 10.6. The van der Waals surface area contributed by atoms with Crippen LogP contribution in [-0.2, 0) is 0 Å². The highest BCUT2D eigenvalue weighted by atomic mass is 79.9. The standard InChI is InChI=1S/C11H9BrOS/c12-6-5-9(13)11-7-8-3-1-2-4-10(8)14-11/h1-4,7H,5-6H2. The van der Waals surface area contributed by atoms with Crippen molar-refractivity contribution in [1.29, 1.82) is 0 Å². The third-order valence-electron chi connectivity index (χ3n) is 2.02. The monoisotopic (exact) mass is 268 g/mol. The summed E-state index contributed by atoms with van der Waals surface area (Å²) in [5.74, 6) is 0.225. The Labute approximate surface area is 94.9 Å². The van der Waals surface area contributed by atoms with E-state index in [-0.39, 0.29) is 5.78 Å². The van der Waals surface area contributed by atoms with Crippen LogP contribution >= 0.6 is 27.3 Å². The first-order valence-corrected chi connectivity index (χ1v) is 6.33. The molecule has 0 atom stereocenters. The summed E-state index contributed by atoms with van der Waals surface area (Å²) in [4.78, 5) is 12.5. The predicted octanol–water partition coefficient (Wildman–Crippen LogP) is 3.87. The molecule has 0 amide bonds. The third kappa shape index (κ3) is 1.88. The molecule has 0 unspecified atom stereocenters. The van der Waals surface area contributed by atoms with Crippen LogP contribution < -0.4 is 0 Å². The fourth-order valence-electron chi connectivity index (χ4n) is 1.33. The number of rotatable bonds is 3. The summed E-state index contributed by atoms with van der Waals surface area (Å²) >= 11 is 4.85. The Morgan fingerprint density at radius 1 is 1.36 bits per heavy atom. The van der Waals surface area contributed by atoms with E-state index in [0.29, 0.717) is 6.42 Å². The topological polar surface area (TPSA) is 17.1 Å². The second-order valence-electron chi connectivity index (χ2n) is 3.01. The number of carbonyl (C=O) groups is 1. The minimum atomic E-state index is 0.225. The van der Waals surface area contributed by atoms with Crippen LogP contribution in [-0.4, -0.2) is 11.1 Å². The maximum atomic E-state index is 11.6. The van der Waals surface area contributed by atoms with Crippen LogP contribution in [0.5, 0.6) is 0 Å². The number of benzene rings is 1. The minimum Gasteiger partial charge on any atom is -0.293 e. The SMILES string of the molecule is O=C(CCBr)c1cc2ccccc2s1. The summed E-state index contributed by atoms with van der Waals surface area (Å²) in [7, 11) is 0. The first-order valence-electron chi connectivity index (χ1n) is 4.39. The second-order valence-corrected chi connectivity index (χ2v) is 4.89. The van der Waals surface area contributed by atoms with E-state index >= 15 is 0 Å². The lowest BCUT2D eigenvalue weighted by Crippen LogP contribution is -1.95. The first-order chi connectivity index (χ1) is 6.81. The minimum absolute atomic E-state index is 0.225. The number of hydrogen-bond acceptors (Lipinski definition) is 2. The van der Waals surface area contributed by atoms with Gasteiger partial charge in [0.1, 0.15) is 0 Å². The summed E-state index contributed by atoms with van der Waals surface area (Å²) in [5, 5.41) is 1.90. The lowest BCUT2D eigenvalue weighted by atomic mass is 10.2. The van der Waals surface area contributed by atoms with Crippen molar-refractivity contribution in [1.82, 2.24) is 0 Å². The molecule has 2 rings (SSSR count). The van der Waals surface area contributed by atoms with Crippen LogP contribution in [0.3, 0.4) is 0 Å². The summed E-state index contributed by atoms with van der Waals surface area (Å²) in [6.45, 7) is 0. The molecule has 0 aliphatic rings. The van der Waals surface area contributed by atoms with Crippen molar-refractivity contribution in [3.8, 4) is 0 Å². The quantitative estimate of drug-likeness (QED) is 0.610. The predicted molar refractivity (Wildman–Crippen MR) is 64.6 cm³/mol. The van der Waals surface area contributed by atoms with Crippen LogP contribution in [0.25, 0.3) is 10.1 Å². The number of hydrogen-bond donors (Lipinski definition) is 0. The van der Waals surface area contributed by atoms with Gasteiger partial charge in [-0.3, -0.25) is 4.79 Å². The molecule has 0 N–H and O–H groups in total. The number of thiophene rings is 1. The largest absolute Gasteiger partial charge is 0.293 e. The van der Waals surface area contributed by atoms with Gasteiger partial charge in [0.2, 0.25) is 0 Å². The molecule has 0 spiro atoms. The van der Waals surface area contributed by atoms with Crippen molar-refractivity contribution >= 4 is 43.1 Å². The number of halogens is 1. The van der Waals surface area contributed by atoms with Crippen molar-refractivity contribution in [2.45, 2.75) is 6.42 Å². The smallest absolute Gasteiger partial charge is 0.173 e. The van der Waals surface area contributed by atoms with E-state index in [1.165, 1.54) is 4.70 Å². The van der Waals surface area contributed by atoms with Crippen LogP contribution in [0.15, 0.2) is 30.3 Å². The Morgan fingerprint density at radius 2 is 2.14 bits per heavy atom. The molecular weight excluding hydrogens is 260 g/mol. The van der Waals surface area contributed by atoms with E-state index in [4.69, 9.17) is 0 Å². The molecule has 0 aliphatic carbocycles. The number of ketones is 1. The summed E-state index contributed by atoms with van der Waals surface area (Å²) in [6.07, 6.45) is 0.576. The molecule has 1 aromatic carbocycles. The zero-order valence-corrected chi connectivity index (χ0v) is 9.90. The van der Waals surface area contributed by atoms with Crippen molar-refractivity contribution in [2.75, 3.05) is 5.33 Å². The van der Waals surface area contributed by atoms with Crippen molar-refractivity contribution < 1.29 is 4.79 Å². The molecule has 1 aromatic heterocycles. The molecular formula is C11H9BrOS. The Balaban J connectivity index is 2.40. The Hall–Kier alpha value is -0.670. The molecule has 0 saturated heterocycles. The van der Waals surface area contributed by atoms with Gasteiger partial charge in [-0.25, -0.2) is 0 Å². The fourth-order valence-corrected chi connectivity index (χ4v) is 2.72. The van der Waals surface area contributed by atoms with E-state index in [1.54, 1.807) is 11.3 Å². The maximum Gasteiger partial charge on any atom is 0.173 e. The van der Waals surface area contributed by atoms with Gasteiger partial charge in [-0.2, -0.15) is 0 Å². The van der Waals surface area contributed by atoms with Gasteiger partial charge in [-0.05, 0) is 17.5 Å². The van der Waals surface area contributed by atoms with Crippen LogP contribution in [0.2, 0.25) is 0 Å². The van der Waals surface area contributed by atoms with E-state index in [0.717, 1.165) is 15.6 Å². The Kier molecular flexibility index (Phi) is 2.99. The summed E-state index contributed by atoms with van der Waals surface area (Å²) in [6, 6.07) is 10.1. The molecule has 0 bridgehead atoms.